The lowest BCUT2D eigenvalue weighted by Gasteiger charge is -2.16. The molecule has 0 saturated carbocycles. The first-order chi connectivity index (χ1) is 14.4. The molecule has 3 rings (SSSR count). The third-order valence-electron chi connectivity index (χ3n) is 4.47. The van der Waals surface area contributed by atoms with Crippen molar-refractivity contribution in [2.75, 3.05) is 13.6 Å². The Morgan fingerprint density at radius 3 is 2.50 bits per heavy atom. The summed E-state index contributed by atoms with van der Waals surface area (Å²) in [6.07, 6.45) is 3.73. The van der Waals surface area contributed by atoms with Gasteiger partial charge in [0.15, 0.2) is 0 Å². The van der Waals surface area contributed by atoms with Crippen LogP contribution in [-0.4, -0.2) is 45.0 Å². The zero-order valence-corrected chi connectivity index (χ0v) is 16.4. The van der Waals surface area contributed by atoms with Gasteiger partial charge in [0, 0.05) is 56.0 Å². The number of hydrogen-bond acceptors (Lipinski definition) is 5. The largest absolute Gasteiger partial charge is 0.352 e. The fourth-order valence-electron chi connectivity index (χ4n) is 2.84. The van der Waals surface area contributed by atoms with E-state index >= 15 is 0 Å². The fraction of sp³-hybridized carbons (Fsp3) is 0.190. The summed E-state index contributed by atoms with van der Waals surface area (Å²) in [5.74, 6) is -0.504. The van der Waals surface area contributed by atoms with Gasteiger partial charge in [-0.25, -0.2) is 4.68 Å². The number of benzene rings is 2. The predicted octanol–water partition coefficient (Wildman–Crippen LogP) is 2.56. The van der Waals surface area contributed by atoms with Crippen molar-refractivity contribution in [2.24, 2.45) is 0 Å². The Labute approximate surface area is 173 Å². The zero-order chi connectivity index (χ0) is 21.5. The van der Waals surface area contributed by atoms with Crippen LogP contribution >= 0.6 is 0 Å². The molecular weight excluding hydrogens is 386 g/mol. The van der Waals surface area contributed by atoms with Crippen molar-refractivity contribution in [3.8, 4) is 5.69 Å². The minimum Gasteiger partial charge on any atom is -0.352 e. The van der Waals surface area contributed by atoms with Gasteiger partial charge < -0.3 is 10.2 Å². The van der Waals surface area contributed by atoms with E-state index in [1.54, 1.807) is 22.8 Å². The molecule has 0 saturated heterocycles. The van der Waals surface area contributed by atoms with Crippen LogP contribution in [0, 0.1) is 10.1 Å². The Kier molecular flexibility index (Phi) is 6.53. The average Bonchev–Trinajstić information content (AvgIpc) is 3.22. The van der Waals surface area contributed by atoms with E-state index in [4.69, 9.17) is 0 Å². The lowest BCUT2D eigenvalue weighted by atomic mass is 10.2. The average molecular weight is 407 g/mol. The molecule has 0 unspecified atom stereocenters. The molecule has 0 spiro atoms. The molecule has 1 aromatic heterocycles. The van der Waals surface area contributed by atoms with Gasteiger partial charge in [0.2, 0.25) is 5.91 Å². The van der Waals surface area contributed by atoms with Gasteiger partial charge >= 0.3 is 0 Å². The summed E-state index contributed by atoms with van der Waals surface area (Å²) in [6.45, 7) is 0.574. The molecule has 0 fully saturated rings. The second kappa shape index (κ2) is 9.46. The highest BCUT2D eigenvalue weighted by Crippen LogP contribution is 2.12. The van der Waals surface area contributed by atoms with Crippen molar-refractivity contribution in [1.29, 1.82) is 0 Å². The standard InChI is InChI=1S/C21H21N5O4/c1-24(14-16-13-23-25(15-16)18-5-3-2-4-6-18)20(27)11-12-22-21(28)17-7-9-19(10-8-17)26(29)30/h2-10,13,15H,11-12,14H2,1H3,(H,22,28). The number of nitro groups is 1. The van der Waals surface area contributed by atoms with Gasteiger partial charge in [-0.15, -0.1) is 0 Å². The molecule has 3 aromatic rings. The Balaban J connectivity index is 1.46. The van der Waals surface area contributed by atoms with Crippen LogP contribution in [0.5, 0.6) is 0 Å². The number of carbonyl (C=O) groups excluding carboxylic acids is 2. The van der Waals surface area contributed by atoms with Crippen LogP contribution in [0.1, 0.15) is 22.3 Å². The number of nitro benzene ring substituents is 1. The second-order valence-electron chi connectivity index (χ2n) is 6.69. The third-order valence-corrected chi connectivity index (χ3v) is 4.47. The van der Waals surface area contributed by atoms with E-state index in [1.165, 1.54) is 24.3 Å². The van der Waals surface area contributed by atoms with Crippen molar-refractivity contribution in [3.63, 3.8) is 0 Å². The summed E-state index contributed by atoms with van der Waals surface area (Å²) in [6, 6.07) is 15.0. The van der Waals surface area contributed by atoms with Crippen LogP contribution in [0.2, 0.25) is 0 Å². The van der Waals surface area contributed by atoms with E-state index in [-0.39, 0.29) is 30.5 Å². The van der Waals surface area contributed by atoms with E-state index in [1.807, 2.05) is 36.5 Å². The molecule has 2 amide bonds. The SMILES string of the molecule is CN(Cc1cnn(-c2ccccc2)c1)C(=O)CCNC(=O)c1ccc([N+](=O)[O-])cc1. The van der Waals surface area contributed by atoms with Crippen molar-refractivity contribution >= 4 is 17.5 Å². The maximum Gasteiger partial charge on any atom is 0.269 e. The van der Waals surface area contributed by atoms with E-state index in [0.29, 0.717) is 12.1 Å². The Morgan fingerprint density at radius 2 is 1.83 bits per heavy atom. The topological polar surface area (TPSA) is 110 Å². The fourth-order valence-corrected chi connectivity index (χ4v) is 2.84. The first-order valence-electron chi connectivity index (χ1n) is 9.29. The highest BCUT2D eigenvalue weighted by molar-refractivity contribution is 5.94. The maximum absolute atomic E-state index is 12.3. The third kappa shape index (κ3) is 5.28. The van der Waals surface area contributed by atoms with Crippen LogP contribution in [-0.2, 0) is 11.3 Å². The van der Waals surface area contributed by atoms with Crippen LogP contribution in [0.3, 0.4) is 0 Å². The summed E-state index contributed by atoms with van der Waals surface area (Å²) < 4.78 is 1.75. The van der Waals surface area contributed by atoms with Gasteiger partial charge in [0.05, 0.1) is 16.8 Å². The maximum atomic E-state index is 12.3. The van der Waals surface area contributed by atoms with Gasteiger partial charge in [0.1, 0.15) is 0 Å². The molecular formula is C21H21N5O4. The van der Waals surface area contributed by atoms with Gasteiger partial charge in [0.25, 0.3) is 11.6 Å². The first-order valence-corrected chi connectivity index (χ1v) is 9.29. The monoisotopic (exact) mass is 407 g/mol. The minimum atomic E-state index is -0.528. The van der Waals surface area contributed by atoms with Gasteiger partial charge in [-0.1, -0.05) is 18.2 Å². The molecule has 0 bridgehead atoms. The molecule has 9 heteroatoms. The predicted molar refractivity (Wildman–Crippen MR) is 110 cm³/mol. The molecule has 9 nitrogen and oxygen atoms in total. The van der Waals surface area contributed by atoms with Crippen molar-refractivity contribution in [1.82, 2.24) is 20.0 Å². The van der Waals surface area contributed by atoms with E-state index in [9.17, 15) is 19.7 Å². The lowest BCUT2D eigenvalue weighted by molar-refractivity contribution is -0.384. The molecule has 30 heavy (non-hydrogen) atoms. The summed E-state index contributed by atoms with van der Waals surface area (Å²) in [5, 5.41) is 17.6. The van der Waals surface area contributed by atoms with Crippen LogP contribution < -0.4 is 5.32 Å². The number of carbonyl (C=O) groups is 2. The second-order valence-corrected chi connectivity index (χ2v) is 6.69. The van der Waals surface area contributed by atoms with Crippen molar-refractivity contribution < 1.29 is 14.5 Å². The lowest BCUT2D eigenvalue weighted by Crippen LogP contribution is -2.31. The molecule has 1 N–H and O–H groups in total. The molecule has 2 aromatic carbocycles. The highest BCUT2D eigenvalue weighted by Gasteiger charge is 2.13. The normalized spacial score (nSPS) is 10.4. The number of aromatic nitrogens is 2. The van der Waals surface area contributed by atoms with Crippen LogP contribution in [0.4, 0.5) is 5.69 Å². The van der Waals surface area contributed by atoms with Gasteiger partial charge in [-0.05, 0) is 24.3 Å². The molecule has 154 valence electrons. The number of hydrogen-bond donors (Lipinski definition) is 1. The van der Waals surface area contributed by atoms with E-state index in [0.717, 1.165) is 11.3 Å². The smallest absolute Gasteiger partial charge is 0.269 e. The van der Waals surface area contributed by atoms with E-state index in [2.05, 4.69) is 10.4 Å². The Bertz CT molecular complexity index is 1030. The summed E-state index contributed by atoms with van der Waals surface area (Å²) >= 11 is 0. The van der Waals surface area contributed by atoms with Crippen LogP contribution in [0.15, 0.2) is 67.0 Å². The minimum absolute atomic E-state index is 0.0843. The summed E-state index contributed by atoms with van der Waals surface area (Å²) in [4.78, 5) is 36.1. The number of nitrogens with zero attached hydrogens (tertiary/aromatic N) is 4. The molecule has 0 radical (unpaired) electrons. The summed E-state index contributed by atoms with van der Waals surface area (Å²) in [7, 11) is 1.69. The number of rotatable bonds is 8. The van der Waals surface area contributed by atoms with Crippen molar-refractivity contribution in [3.05, 3.63) is 88.2 Å². The molecule has 1 heterocycles. The van der Waals surface area contributed by atoms with Crippen LogP contribution in [0.25, 0.3) is 5.69 Å². The number of para-hydroxylation sites is 1. The van der Waals surface area contributed by atoms with Gasteiger partial charge in [-0.3, -0.25) is 19.7 Å². The quantitative estimate of drug-likeness (QED) is 0.456. The number of non-ortho nitro benzene ring substituents is 1. The molecule has 0 aliphatic rings. The summed E-state index contributed by atoms with van der Waals surface area (Å²) in [5.41, 5.74) is 2.05. The van der Waals surface area contributed by atoms with E-state index < -0.39 is 4.92 Å². The molecule has 0 atom stereocenters. The zero-order valence-electron chi connectivity index (χ0n) is 16.4. The molecule has 0 aliphatic heterocycles. The highest BCUT2D eigenvalue weighted by atomic mass is 16.6. The van der Waals surface area contributed by atoms with Gasteiger partial charge in [-0.2, -0.15) is 5.10 Å². The molecule has 0 aliphatic carbocycles. The van der Waals surface area contributed by atoms with Crippen molar-refractivity contribution in [2.45, 2.75) is 13.0 Å². The Morgan fingerprint density at radius 1 is 1.13 bits per heavy atom. The first kappa shape index (κ1) is 20.7. The number of amides is 2. The Hall–Kier alpha value is -4.01. The number of nitrogens with one attached hydrogen (secondary N) is 1.